The van der Waals surface area contributed by atoms with Gasteiger partial charge in [-0.3, -0.25) is 0 Å². The van der Waals surface area contributed by atoms with Gasteiger partial charge in [-0.25, -0.2) is 4.98 Å². The Balaban J connectivity index is 1.91. The minimum Gasteiger partial charge on any atom is -0.454 e. The van der Waals surface area contributed by atoms with Crippen LogP contribution in [0.25, 0.3) is 11.0 Å². The molecule has 2 aromatic carbocycles. The molecule has 0 spiro atoms. The number of para-hydroxylation sites is 1. The SMILES string of the molecule is O/N=C(\c1ccccc1)c1oc2ccccc2c1Cn1ccnc1. The van der Waals surface area contributed by atoms with Gasteiger partial charge >= 0.3 is 0 Å². The number of hydrogen-bond donors (Lipinski definition) is 1. The third-order valence-electron chi connectivity index (χ3n) is 3.96. The fraction of sp³-hybridized carbons (Fsp3) is 0.0526. The van der Waals surface area contributed by atoms with Crippen LogP contribution in [0.5, 0.6) is 0 Å². The van der Waals surface area contributed by atoms with Crippen LogP contribution in [0.15, 0.2) is 82.9 Å². The Morgan fingerprint density at radius 1 is 1.08 bits per heavy atom. The molecule has 0 aliphatic rings. The normalized spacial score (nSPS) is 11.9. The molecule has 1 N–H and O–H groups in total. The molecule has 0 fully saturated rings. The monoisotopic (exact) mass is 317 g/mol. The minimum absolute atomic E-state index is 0.418. The zero-order valence-corrected chi connectivity index (χ0v) is 12.8. The van der Waals surface area contributed by atoms with Crippen LogP contribution in [0.2, 0.25) is 0 Å². The summed E-state index contributed by atoms with van der Waals surface area (Å²) in [6.45, 7) is 0.582. The molecule has 4 rings (SSSR count). The van der Waals surface area contributed by atoms with Crippen molar-refractivity contribution in [3.8, 4) is 0 Å². The standard InChI is InChI=1S/C19H15N3O2/c23-21-18(14-6-2-1-3-7-14)19-16(12-22-11-10-20-13-22)15-8-4-5-9-17(15)24-19/h1-11,13,23H,12H2/b21-18+. The summed E-state index contributed by atoms with van der Waals surface area (Å²) in [7, 11) is 0. The van der Waals surface area contributed by atoms with Crippen molar-refractivity contribution in [3.63, 3.8) is 0 Å². The quantitative estimate of drug-likeness (QED) is 0.353. The van der Waals surface area contributed by atoms with Gasteiger partial charge in [0.15, 0.2) is 11.5 Å². The first-order chi connectivity index (χ1) is 11.9. The number of aromatic nitrogens is 2. The molecule has 2 heterocycles. The summed E-state index contributed by atoms with van der Waals surface area (Å²) in [5.74, 6) is 0.568. The predicted octanol–water partition coefficient (Wildman–Crippen LogP) is 3.90. The van der Waals surface area contributed by atoms with Crippen LogP contribution in [0.3, 0.4) is 0 Å². The number of hydrogen-bond acceptors (Lipinski definition) is 4. The highest BCUT2D eigenvalue weighted by atomic mass is 16.4. The maximum atomic E-state index is 9.62. The number of oxime groups is 1. The molecule has 118 valence electrons. The van der Waals surface area contributed by atoms with E-state index in [2.05, 4.69) is 10.1 Å². The van der Waals surface area contributed by atoms with Crippen molar-refractivity contribution in [3.05, 3.63) is 90.2 Å². The van der Waals surface area contributed by atoms with E-state index >= 15 is 0 Å². The van der Waals surface area contributed by atoms with E-state index in [1.807, 2.05) is 65.4 Å². The van der Waals surface area contributed by atoms with Gasteiger partial charge in [-0.1, -0.05) is 53.7 Å². The van der Waals surface area contributed by atoms with Gasteiger partial charge in [-0.05, 0) is 6.07 Å². The summed E-state index contributed by atoms with van der Waals surface area (Å²) in [5.41, 5.74) is 2.94. The first-order valence-electron chi connectivity index (χ1n) is 7.61. The lowest BCUT2D eigenvalue weighted by Gasteiger charge is -2.06. The molecule has 0 saturated carbocycles. The number of rotatable bonds is 4. The molecule has 24 heavy (non-hydrogen) atoms. The van der Waals surface area contributed by atoms with Crippen molar-refractivity contribution in [2.45, 2.75) is 6.54 Å². The van der Waals surface area contributed by atoms with E-state index in [-0.39, 0.29) is 0 Å². The average molecular weight is 317 g/mol. The Morgan fingerprint density at radius 2 is 1.88 bits per heavy atom. The molecule has 0 amide bonds. The van der Waals surface area contributed by atoms with Crippen LogP contribution < -0.4 is 0 Å². The van der Waals surface area contributed by atoms with Gasteiger partial charge in [0.1, 0.15) is 5.58 Å². The topological polar surface area (TPSA) is 63.6 Å². The molecule has 0 saturated heterocycles. The Bertz CT molecular complexity index is 986. The Hall–Kier alpha value is -3.34. The zero-order chi connectivity index (χ0) is 16.4. The molecule has 0 aliphatic heterocycles. The van der Waals surface area contributed by atoms with Gasteiger partial charge in [-0.2, -0.15) is 0 Å². The summed E-state index contributed by atoms with van der Waals surface area (Å²) in [5, 5.41) is 14.1. The summed E-state index contributed by atoms with van der Waals surface area (Å²) in [4.78, 5) is 4.09. The van der Waals surface area contributed by atoms with Crippen LogP contribution in [-0.4, -0.2) is 20.5 Å². The summed E-state index contributed by atoms with van der Waals surface area (Å²) in [6.07, 6.45) is 5.38. The van der Waals surface area contributed by atoms with Crippen LogP contribution >= 0.6 is 0 Å². The van der Waals surface area contributed by atoms with Crippen LogP contribution in [0.1, 0.15) is 16.9 Å². The largest absolute Gasteiger partial charge is 0.454 e. The fourth-order valence-electron chi connectivity index (χ4n) is 2.84. The highest BCUT2D eigenvalue weighted by Gasteiger charge is 2.20. The lowest BCUT2D eigenvalue weighted by molar-refractivity contribution is 0.318. The number of fused-ring (bicyclic) bond motifs is 1. The van der Waals surface area contributed by atoms with E-state index in [1.54, 1.807) is 12.5 Å². The second-order valence-electron chi connectivity index (χ2n) is 5.46. The van der Waals surface area contributed by atoms with Gasteiger partial charge in [0.05, 0.1) is 12.9 Å². The summed E-state index contributed by atoms with van der Waals surface area (Å²) < 4.78 is 7.99. The first-order valence-corrected chi connectivity index (χ1v) is 7.61. The molecule has 5 heteroatoms. The Morgan fingerprint density at radius 3 is 2.62 bits per heavy atom. The van der Waals surface area contributed by atoms with Crippen LogP contribution in [0.4, 0.5) is 0 Å². The lowest BCUT2D eigenvalue weighted by atomic mass is 10.0. The van der Waals surface area contributed by atoms with Gasteiger partial charge in [0, 0.05) is 28.9 Å². The smallest absolute Gasteiger partial charge is 0.162 e. The number of imidazole rings is 1. The van der Waals surface area contributed by atoms with E-state index in [0.717, 1.165) is 22.1 Å². The molecule has 0 radical (unpaired) electrons. The molecule has 2 aromatic heterocycles. The number of nitrogens with zero attached hydrogens (tertiary/aromatic N) is 3. The first kappa shape index (κ1) is 14.3. The lowest BCUT2D eigenvalue weighted by Crippen LogP contribution is -2.07. The van der Waals surface area contributed by atoms with Gasteiger partial charge in [0.25, 0.3) is 0 Å². The Labute approximate surface area is 138 Å². The fourth-order valence-corrected chi connectivity index (χ4v) is 2.84. The predicted molar refractivity (Wildman–Crippen MR) is 91.4 cm³/mol. The highest BCUT2D eigenvalue weighted by molar-refractivity contribution is 6.13. The summed E-state index contributed by atoms with van der Waals surface area (Å²) in [6, 6.07) is 17.3. The van der Waals surface area contributed by atoms with E-state index in [1.165, 1.54) is 0 Å². The van der Waals surface area contributed by atoms with Crippen molar-refractivity contribution >= 4 is 16.7 Å². The number of benzene rings is 2. The molecule has 4 aromatic rings. The average Bonchev–Trinajstić information content (AvgIpc) is 3.26. The highest BCUT2D eigenvalue weighted by Crippen LogP contribution is 2.29. The van der Waals surface area contributed by atoms with Crippen LogP contribution in [0, 0.1) is 0 Å². The van der Waals surface area contributed by atoms with Gasteiger partial charge in [0.2, 0.25) is 0 Å². The van der Waals surface area contributed by atoms with E-state index in [0.29, 0.717) is 18.0 Å². The number of furan rings is 1. The van der Waals surface area contributed by atoms with Gasteiger partial charge < -0.3 is 14.2 Å². The van der Waals surface area contributed by atoms with Crippen molar-refractivity contribution in [1.82, 2.24) is 9.55 Å². The van der Waals surface area contributed by atoms with Crippen molar-refractivity contribution in [2.24, 2.45) is 5.16 Å². The minimum atomic E-state index is 0.418. The maximum Gasteiger partial charge on any atom is 0.162 e. The van der Waals surface area contributed by atoms with Crippen LogP contribution in [-0.2, 0) is 6.54 Å². The molecular formula is C19H15N3O2. The van der Waals surface area contributed by atoms with E-state index < -0.39 is 0 Å². The second kappa shape index (κ2) is 6.04. The van der Waals surface area contributed by atoms with Crippen molar-refractivity contribution < 1.29 is 9.62 Å². The third-order valence-corrected chi connectivity index (χ3v) is 3.96. The summed E-state index contributed by atoms with van der Waals surface area (Å²) >= 11 is 0. The molecule has 0 unspecified atom stereocenters. The molecular weight excluding hydrogens is 302 g/mol. The maximum absolute atomic E-state index is 9.62. The third kappa shape index (κ3) is 2.46. The van der Waals surface area contributed by atoms with Crippen molar-refractivity contribution in [2.75, 3.05) is 0 Å². The van der Waals surface area contributed by atoms with E-state index in [9.17, 15) is 5.21 Å². The molecule has 0 bridgehead atoms. The van der Waals surface area contributed by atoms with E-state index in [4.69, 9.17) is 4.42 Å². The zero-order valence-electron chi connectivity index (χ0n) is 12.8. The van der Waals surface area contributed by atoms with Gasteiger partial charge in [-0.15, -0.1) is 0 Å². The van der Waals surface area contributed by atoms with Crippen molar-refractivity contribution in [1.29, 1.82) is 0 Å². The second-order valence-corrected chi connectivity index (χ2v) is 5.46. The molecule has 5 nitrogen and oxygen atoms in total. The molecule has 0 aliphatic carbocycles. The molecule has 0 atom stereocenters. The Kier molecular flexibility index (Phi) is 3.59.